The Morgan fingerprint density at radius 2 is 2.13 bits per heavy atom. The summed E-state index contributed by atoms with van der Waals surface area (Å²) < 4.78 is 1.87. The van der Waals surface area contributed by atoms with Crippen LogP contribution in [0.15, 0.2) is 0 Å². The fourth-order valence-electron chi connectivity index (χ4n) is 1.72. The van der Waals surface area contributed by atoms with E-state index in [4.69, 9.17) is 11.6 Å². The van der Waals surface area contributed by atoms with Crippen LogP contribution in [0.4, 0.5) is 0 Å². The van der Waals surface area contributed by atoms with Gasteiger partial charge in [0.2, 0.25) is 0 Å². The van der Waals surface area contributed by atoms with Crippen molar-refractivity contribution in [1.29, 1.82) is 0 Å². The number of rotatable bonds is 5. The van der Waals surface area contributed by atoms with Gasteiger partial charge in [-0.1, -0.05) is 24.9 Å². The summed E-state index contributed by atoms with van der Waals surface area (Å²) in [4.78, 5) is 0. The summed E-state index contributed by atoms with van der Waals surface area (Å²) in [5.41, 5.74) is 1.80. The fraction of sp³-hybridized carbons (Fsp3) is 0.727. The summed E-state index contributed by atoms with van der Waals surface area (Å²) >= 11 is 6.14. The molecule has 0 saturated carbocycles. The predicted octanol–water partition coefficient (Wildman–Crippen LogP) is 2.57. The number of aryl methyl sites for hydroxylation is 2. The third-order valence-corrected chi connectivity index (χ3v) is 3.00. The Morgan fingerprint density at radius 1 is 1.47 bits per heavy atom. The van der Waals surface area contributed by atoms with E-state index in [1.165, 1.54) is 0 Å². The number of hydrogen-bond donors (Lipinski definition) is 1. The van der Waals surface area contributed by atoms with Gasteiger partial charge in [-0.15, -0.1) is 0 Å². The highest BCUT2D eigenvalue weighted by molar-refractivity contribution is 6.31. The minimum absolute atomic E-state index is 0.311. The van der Waals surface area contributed by atoms with Crippen LogP contribution in [-0.2, 0) is 13.0 Å². The Hall–Kier alpha value is -0.540. The predicted molar refractivity (Wildman–Crippen MR) is 62.3 cm³/mol. The second-order valence-electron chi connectivity index (χ2n) is 3.81. The van der Waals surface area contributed by atoms with Crippen molar-refractivity contribution in [3.63, 3.8) is 0 Å². The van der Waals surface area contributed by atoms with Crippen molar-refractivity contribution in [3.05, 3.63) is 16.4 Å². The van der Waals surface area contributed by atoms with Crippen LogP contribution < -0.4 is 0 Å². The quantitative estimate of drug-likeness (QED) is 0.845. The minimum Gasteiger partial charge on any atom is -0.393 e. The van der Waals surface area contributed by atoms with Crippen LogP contribution in [0.2, 0.25) is 5.02 Å². The van der Waals surface area contributed by atoms with E-state index in [9.17, 15) is 5.11 Å². The van der Waals surface area contributed by atoms with Crippen LogP contribution in [0.25, 0.3) is 0 Å². The smallest absolute Gasteiger partial charge is 0.0848 e. The van der Waals surface area contributed by atoms with Gasteiger partial charge in [0.25, 0.3) is 0 Å². The SMILES string of the molecule is CCCC(O)Cc1c(Cl)c(C)nn1CC. The van der Waals surface area contributed by atoms with E-state index >= 15 is 0 Å². The van der Waals surface area contributed by atoms with Gasteiger partial charge in [-0.2, -0.15) is 5.10 Å². The molecule has 3 nitrogen and oxygen atoms in total. The first-order valence-corrected chi connectivity index (χ1v) is 5.87. The lowest BCUT2D eigenvalue weighted by Crippen LogP contribution is -2.14. The molecule has 1 heterocycles. The highest BCUT2D eigenvalue weighted by Gasteiger charge is 2.15. The number of hydrogen-bond acceptors (Lipinski definition) is 2. The average molecular weight is 231 g/mol. The number of aliphatic hydroxyl groups is 1. The molecule has 1 aromatic rings. The highest BCUT2D eigenvalue weighted by Crippen LogP contribution is 2.22. The summed E-state index contributed by atoms with van der Waals surface area (Å²) in [5.74, 6) is 0. The van der Waals surface area contributed by atoms with Gasteiger partial charge in [-0.05, 0) is 20.3 Å². The molecule has 1 unspecified atom stereocenters. The van der Waals surface area contributed by atoms with E-state index in [1.807, 2.05) is 18.5 Å². The number of halogens is 1. The molecule has 1 atom stereocenters. The van der Waals surface area contributed by atoms with Gasteiger partial charge in [0.1, 0.15) is 0 Å². The van der Waals surface area contributed by atoms with E-state index in [2.05, 4.69) is 12.0 Å². The van der Waals surface area contributed by atoms with Crippen molar-refractivity contribution in [2.24, 2.45) is 0 Å². The normalized spacial score (nSPS) is 13.1. The first-order chi connectivity index (χ1) is 7.10. The zero-order valence-electron chi connectivity index (χ0n) is 9.63. The molecule has 0 bridgehead atoms. The summed E-state index contributed by atoms with van der Waals surface area (Å²) in [6, 6.07) is 0. The maximum Gasteiger partial charge on any atom is 0.0848 e. The third-order valence-electron chi connectivity index (χ3n) is 2.50. The fourth-order valence-corrected chi connectivity index (χ4v) is 1.93. The maximum absolute atomic E-state index is 9.76. The molecule has 4 heteroatoms. The molecule has 0 aliphatic rings. The van der Waals surface area contributed by atoms with Crippen molar-refractivity contribution in [1.82, 2.24) is 9.78 Å². The highest BCUT2D eigenvalue weighted by atomic mass is 35.5. The lowest BCUT2D eigenvalue weighted by atomic mass is 10.1. The minimum atomic E-state index is -0.311. The molecule has 0 radical (unpaired) electrons. The molecule has 0 aliphatic carbocycles. The van der Waals surface area contributed by atoms with Gasteiger partial charge in [-0.3, -0.25) is 4.68 Å². The van der Waals surface area contributed by atoms with E-state index < -0.39 is 0 Å². The molecule has 0 amide bonds. The Bertz CT molecular complexity index is 323. The molecule has 1 rings (SSSR count). The molecule has 0 saturated heterocycles. The van der Waals surface area contributed by atoms with Crippen LogP contribution >= 0.6 is 11.6 Å². The van der Waals surface area contributed by atoms with Gasteiger partial charge in [0.05, 0.1) is 22.5 Å². The Balaban J connectivity index is 2.82. The molecule has 15 heavy (non-hydrogen) atoms. The zero-order chi connectivity index (χ0) is 11.4. The third kappa shape index (κ3) is 2.95. The van der Waals surface area contributed by atoms with Crippen molar-refractivity contribution in [2.45, 2.75) is 52.7 Å². The van der Waals surface area contributed by atoms with E-state index in [0.717, 1.165) is 30.8 Å². The second kappa shape index (κ2) is 5.52. The van der Waals surface area contributed by atoms with Crippen LogP contribution in [0.3, 0.4) is 0 Å². The molecule has 0 spiro atoms. The topological polar surface area (TPSA) is 38.1 Å². The largest absolute Gasteiger partial charge is 0.393 e. The summed E-state index contributed by atoms with van der Waals surface area (Å²) in [5, 5.41) is 14.8. The lowest BCUT2D eigenvalue weighted by Gasteiger charge is -2.10. The number of aliphatic hydroxyl groups excluding tert-OH is 1. The molecule has 1 aromatic heterocycles. The molecular weight excluding hydrogens is 212 g/mol. The van der Waals surface area contributed by atoms with E-state index in [1.54, 1.807) is 0 Å². The molecule has 86 valence electrons. The standard InChI is InChI=1S/C11H19ClN2O/c1-4-6-9(15)7-10-11(12)8(3)13-14(10)5-2/h9,15H,4-7H2,1-3H3. The summed E-state index contributed by atoms with van der Waals surface area (Å²) in [6.07, 6.45) is 2.08. The Kier molecular flexibility index (Phi) is 4.61. The number of nitrogens with zero attached hydrogens (tertiary/aromatic N) is 2. The van der Waals surface area contributed by atoms with Gasteiger partial charge < -0.3 is 5.11 Å². The second-order valence-corrected chi connectivity index (χ2v) is 4.19. The molecule has 0 fully saturated rings. The van der Waals surface area contributed by atoms with Gasteiger partial charge in [-0.25, -0.2) is 0 Å². The van der Waals surface area contributed by atoms with Crippen LogP contribution in [-0.4, -0.2) is 21.0 Å². The zero-order valence-corrected chi connectivity index (χ0v) is 10.4. The monoisotopic (exact) mass is 230 g/mol. The first-order valence-electron chi connectivity index (χ1n) is 5.49. The summed E-state index contributed by atoms with van der Waals surface area (Å²) in [6.45, 7) is 6.78. The van der Waals surface area contributed by atoms with Crippen molar-refractivity contribution in [2.75, 3.05) is 0 Å². The maximum atomic E-state index is 9.76. The number of aromatic nitrogens is 2. The lowest BCUT2D eigenvalue weighted by molar-refractivity contribution is 0.161. The van der Waals surface area contributed by atoms with Crippen molar-refractivity contribution in [3.8, 4) is 0 Å². The van der Waals surface area contributed by atoms with E-state index in [-0.39, 0.29) is 6.10 Å². The summed E-state index contributed by atoms with van der Waals surface area (Å²) in [7, 11) is 0. The van der Waals surface area contributed by atoms with Crippen LogP contribution in [0, 0.1) is 6.92 Å². The van der Waals surface area contributed by atoms with Gasteiger partial charge >= 0.3 is 0 Å². The van der Waals surface area contributed by atoms with Gasteiger partial charge in [0, 0.05) is 13.0 Å². The van der Waals surface area contributed by atoms with Crippen molar-refractivity contribution < 1.29 is 5.11 Å². The molecule has 0 aliphatic heterocycles. The van der Waals surface area contributed by atoms with Gasteiger partial charge in [0.15, 0.2) is 0 Å². The molecule has 0 aromatic carbocycles. The van der Waals surface area contributed by atoms with Crippen LogP contribution in [0.1, 0.15) is 38.1 Å². The Labute approximate surface area is 96.1 Å². The van der Waals surface area contributed by atoms with E-state index in [0.29, 0.717) is 11.4 Å². The Morgan fingerprint density at radius 3 is 2.67 bits per heavy atom. The molecule has 1 N–H and O–H groups in total. The average Bonchev–Trinajstić information content (AvgIpc) is 2.46. The van der Waals surface area contributed by atoms with Crippen LogP contribution in [0.5, 0.6) is 0 Å². The van der Waals surface area contributed by atoms with Crippen molar-refractivity contribution >= 4 is 11.6 Å². The molecular formula is C11H19ClN2O. The first kappa shape index (κ1) is 12.5.